The van der Waals surface area contributed by atoms with Gasteiger partial charge in [0.05, 0.1) is 0 Å². The van der Waals surface area contributed by atoms with E-state index in [1.807, 2.05) is 5.38 Å². The van der Waals surface area contributed by atoms with Gasteiger partial charge in [-0.15, -0.1) is 11.3 Å². The number of hydrogen-bond donors (Lipinski definition) is 2. The Balaban J connectivity index is 1.99. The van der Waals surface area contributed by atoms with Gasteiger partial charge in [-0.2, -0.15) is 0 Å². The van der Waals surface area contributed by atoms with Gasteiger partial charge in [0.25, 0.3) is 0 Å². The van der Waals surface area contributed by atoms with Crippen molar-refractivity contribution >= 4 is 11.3 Å². The van der Waals surface area contributed by atoms with Crippen molar-refractivity contribution in [2.24, 2.45) is 5.92 Å². The molecule has 0 aliphatic carbocycles. The predicted octanol–water partition coefficient (Wildman–Crippen LogP) is 1.18. The predicted molar refractivity (Wildman–Crippen MR) is 52.7 cm³/mol. The average Bonchev–Trinajstić information content (AvgIpc) is 2.71. The molecule has 4 heteroatoms. The van der Waals surface area contributed by atoms with Crippen LogP contribution in [0.4, 0.5) is 0 Å². The van der Waals surface area contributed by atoms with E-state index in [4.69, 9.17) is 0 Å². The first kappa shape index (κ1) is 9.12. The molecule has 1 aromatic rings. The second-order valence-electron chi connectivity index (χ2n) is 3.42. The molecule has 0 unspecified atom stereocenters. The normalized spacial score (nSPS) is 25.8. The highest BCUT2D eigenvalue weighted by Crippen LogP contribution is 2.27. The Bertz CT molecular complexity index is 244. The van der Waals surface area contributed by atoms with E-state index in [9.17, 15) is 5.11 Å². The fourth-order valence-electron chi connectivity index (χ4n) is 1.73. The van der Waals surface area contributed by atoms with Crippen LogP contribution >= 0.6 is 11.3 Å². The monoisotopic (exact) mass is 198 g/mol. The molecule has 1 aromatic heterocycles. The van der Waals surface area contributed by atoms with Crippen LogP contribution in [0.5, 0.6) is 0 Å². The summed E-state index contributed by atoms with van der Waals surface area (Å²) in [6, 6.07) is 0. The lowest BCUT2D eigenvalue weighted by Gasteiger charge is -2.25. The Morgan fingerprint density at radius 2 is 2.62 bits per heavy atom. The van der Waals surface area contributed by atoms with Crippen molar-refractivity contribution in [1.82, 2.24) is 10.3 Å². The smallest absolute Gasteiger partial charge is 0.121 e. The molecule has 72 valence electrons. The first-order valence-corrected chi connectivity index (χ1v) is 5.54. The molecule has 0 spiro atoms. The van der Waals surface area contributed by atoms with Gasteiger partial charge < -0.3 is 10.4 Å². The molecule has 2 heterocycles. The highest BCUT2D eigenvalue weighted by molar-refractivity contribution is 7.09. The van der Waals surface area contributed by atoms with Crippen LogP contribution in [0.1, 0.15) is 24.0 Å². The molecule has 1 aliphatic rings. The van der Waals surface area contributed by atoms with Crippen LogP contribution in [0.3, 0.4) is 0 Å². The molecule has 2 atom stereocenters. The number of aromatic nitrogens is 1. The zero-order valence-electron chi connectivity index (χ0n) is 7.44. The van der Waals surface area contributed by atoms with Crippen LogP contribution in [0, 0.1) is 5.92 Å². The van der Waals surface area contributed by atoms with E-state index in [0.29, 0.717) is 5.92 Å². The van der Waals surface area contributed by atoms with E-state index in [-0.39, 0.29) is 6.10 Å². The van der Waals surface area contributed by atoms with Gasteiger partial charge in [-0.3, -0.25) is 0 Å². The van der Waals surface area contributed by atoms with Crippen molar-refractivity contribution < 1.29 is 5.11 Å². The molecular formula is C9H14N2OS. The fraction of sp³-hybridized carbons (Fsp3) is 0.667. The third-order valence-electron chi connectivity index (χ3n) is 2.49. The molecule has 0 radical (unpaired) electrons. The summed E-state index contributed by atoms with van der Waals surface area (Å²) < 4.78 is 0. The highest BCUT2D eigenvalue weighted by Gasteiger charge is 2.24. The second-order valence-corrected chi connectivity index (χ2v) is 4.35. The van der Waals surface area contributed by atoms with E-state index in [0.717, 1.165) is 30.9 Å². The Labute approximate surface area is 81.8 Å². The summed E-state index contributed by atoms with van der Waals surface area (Å²) >= 11 is 1.54. The van der Waals surface area contributed by atoms with Gasteiger partial charge in [0.15, 0.2) is 0 Å². The number of aliphatic hydroxyl groups is 1. The zero-order valence-corrected chi connectivity index (χ0v) is 8.26. The molecule has 0 aromatic carbocycles. The van der Waals surface area contributed by atoms with Crippen molar-refractivity contribution in [3.05, 3.63) is 16.6 Å². The number of rotatable bonds is 2. The largest absolute Gasteiger partial charge is 0.386 e. The van der Waals surface area contributed by atoms with Gasteiger partial charge in [-0.05, 0) is 19.4 Å². The van der Waals surface area contributed by atoms with E-state index >= 15 is 0 Å². The number of thiazole rings is 1. The van der Waals surface area contributed by atoms with Crippen molar-refractivity contribution in [3.63, 3.8) is 0 Å². The molecule has 0 amide bonds. The lowest BCUT2D eigenvalue weighted by atomic mass is 9.94. The van der Waals surface area contributed by atoms with Crippen molar-refractivity contribution in [2.45, 2.75) is 18.9 Å². The van der Waals surface area contributed by atoms with Gasteiger partial charge in [-0.25, -0.2) is 4.98 Å². The minimum atomic E-state index is -0.368. The summed E-state index contributed by atoms with van der Waals surface area (Å²) in [5, 5.41) is 16.0. The Morgan fingerprint density at radius 3 is 3.23 bits per heavy atom. The Morgan fingerprint density at radius 1 is 1.69 bits per heavy atom. The number of hydrogen-bond acceptors (Lipinski definition) is 4. The third-order valence-corrected chi connectivity index (χ3v) is 3.33. The van der Waals surface area contributed by atoms with Crippen LogP contribution in [0.15, 0.2) is 11.6 Å². The van der Waals surface area contributed by atoms with E-state index in [2.05, 4.69) is 10.3 Å². The van der Waals surface area contributed by atoms with Crippen LogP contribution < -0.4 is 5.32 Å². The molecule has 1 fully saturated rings. The van der Waals surface area contributed by atoms with Gasteiger partial charge in [-0.1, -0.05) is 0 Å². The fourth-order valence-corrected chi connectivity index (χ4v) is 2.45. The number of aliphatic hydroxyl groups excluding tert-OH is 1. The molecule has 0 bridgehead atoms. The number of nitrogens with zero attached hydrogens (tertiary/aromatic N) is 1. The summed E-state index contributed by atoms with van der Waals surface area (Å²) in [5.41, 5.74) is 0. The Hall–Kier alpha value is -0.450. The van der Waals surface area contributed by atoms with Gasteiger partial charge >= 0.3 is 0 Å². The van der Waals surface area contributed by atoms with Crippen LogP contribution in [-0.2, 0) is 0 Å². The summed E-state index contributed by atoms with van der Waals surface area (Å²) in [5.74, 6) is 0.347. The third kappa shape index (κ3) is 2.07. The van der Waals surface area contributed by atoms with Crippen LogP contribution in [0.2, 0.25) is 0 Å². The van der Waals surface area contributed by atoms with Crippen LogP contribution in [0.25, 0.3) is 0 Å². The summed E-state index contributed by atoms with van der Waals surface area (Å²) in [4.78, 5) is 4.13. The zero-order chi connectivity index (χ0) is 9.10. The standard InChI is InChI=1S/C9H14N2OS/c12-8(9-11-4-5-13-9)7-2-1-3-10-6-7/h4-5,7-8,10,12H,1-3,6H2/t7-,8+/m1/s1. The molecule has 2 rings (SSSR count). The molecule has 13 heavy (non-hydrogen) atoms. The molecular weight excluding hydrogens is 184 g/mol. The summed E-state index contributed by atoms with van der Waals surface area (Å²) in [6.07, 6.45) is 3.65. The lowest BCUT2D eigenvalue weighted by molar-refractivity contribution is 0.0919. The van der Waals surface area contributed by atoms with Crippen LogP contribution in [-0.4, -0.2) is 23.2 Å². The number of piperidine rings is 1. The summed E-state index contributed by atoms with van der Waals surface area (Å²) in [7, 11) is 0. The number of nitrogens with one attached hydrogen (secondary N) is 1. The first-order chi connectivity index (χ1) is 6.38. The van der Waals surface area contributed by atoms with Crippen molar-refractivity contribution in [3.8, 4) is 0 Å². The summed E-state index contributed by atoms with van der Waals surface area (Å²) in [6.45, 7) is 2.00. The van der Waals surface area contributed by atoms with E-state index < -0.39 is 0 Å². The average molecular weight is 198 g/mol. The minimum Gasteiger partial charge on any atom is -0.386 e. The van der Waals surface area contributed by atoms with E-state index in [1.165, 1.54) is 11.3 Å². The maximum absolute atomic E-state index is 9.94. The second kappa shape index (κ2) is 4.17. The molecule has 1 saturated heterocycles. The first-order valence-electron chi connectivity index (χ1n) is 4.66. The maximum atomic E-state index is 9.94. The molecule has 1 aliphatic heterocycles. The van der Waals surface area contributed by atoms with E-state index in [1.54, 1.807) is 6.20 Å². The molecule has 2 N–H and O–H groups in total. The van der Waals surface area contributed by atoms with Gasteiger partial charge in [0.2, 0.25) is 0 Å². The maximum Gasteiger partial charge on any atom is 0.121 e. The SMILES string of the molecule is O[C@H](c1nccs1)[C@@H]1CCCNC1. The Kier molecular flexibility index (Phi) is 2.93. The van der Waals surface area contributed by atoms with Gasteiger partial charge in [0, 0.05) is 24.0 Å². The molecule has 0 saturated carbocycles. The lowest BCUT2D eigenvalue weighted by Crippen LogP contribution is -2.33. The minimum absolute atomic E-state index is 0.347. The highest BCUT2D eigenvalue weighted by atomic mass is 32.1. The van der Waals surface area contributed by atoms with Crippen molar-refractivity contribution in [2.75, 3.05) is 13.1 Å². The topological polar surface area (TPSA) is 45.2 Å². The quantitative estimate of drug-likeness (QED) is 0.750. The molecule has 3 nitrogen and oxygen atoms in total. The van der Waals surface area contributed by atoms with Gasteiger partial charge in [0.1, 0.15) is 11.1 Å². The van der Waals surface area contributed by atoms with Crippen molar-refractivity contribution in [1.29, 1.82) is 0 Å².